The van der Waals surface area contributed by atoms with Crippen LogP contribution in [-0.4, -0.2) is 36.7 Å². The van der Waals surface area contributed by atoms with Crippen molar-refractivity contribution in [1.82, 2.24) is 4.90 Å². The normalized spacial score (nSPS) is 22.1. The maximum absolute atomic E-state index is 11.7. The highest BCUT2D eigenvalue weighted by Crippen LogP contribution is 2.30. The minimum Gasteiger partial charge on any atom is -0.364 e. The number of hydrogen-bond acceptors (Lipinski definition) is 3. The molecule has 0 aromatic rings. The van der Waals surface area contributed by atoms with Crippen molar-refractivity contribution in [2.75, 3.05) is 20.1 Å². The van der Waals surface area contributed by atoms with Crippen LogP contribution in [0.2, 0.25) is 0 Å². The molecule has 0 spiro atoms. The van der Waals surface area contributed by atoms with Gasteiger partial charge < -0.3 is 10.6 Å². The lowest BCUT2D eigenvalue weighted by atomic mass is 9.88. The van der Waals surface area contributed by atoms with Gasteiger partial charge in [-0.25, -0.2) is 4.99 Å². The number of rotatable bonds is 7. The Kier molecular flexibility index (Phi) is 5.95. The molecule has 1 aliphatic carbocycles. The van der Waals surface area contributed by atoms with Crippen LogP contribution < -0.4 is 5.73 Å². The maximum Gasteiger partial charge on any atom is 0.267 e. The van der Waals surface area contributed by atoms with Gasteiger partial charge in [-0.15, -0.1) is 0 Å². The standard InChI is InChI=1S/C18H29N3O/c1-4-5-10-21(3)12-15-11-16(20-17(15)18(19)22)14-8-6-13(2)7-9-14/h8,13H,4-7,9-12H2,1-3H3,(H2,19,22). The third-order valence-electron chi connectivity index (χ3n) is 4.59. The van der Waals surface area contributed by atoms with Crippen LogP contribution in [0.4, 0.5) is 0 Å². The fourth-order valence-corrected chi connectivity index (χ4v) is 3.15. The maximum atomic E-state index is 11.7. The average Bonchev–Trinajstić information content (AvgIpc) is 2.90. The molecule has 2 rings (SSSR count). The number of allylic oxidation sites excluding steroid dienone is 2. The summed E-state index contributed by atoms with van der Waals surface area (Å²) in [4.78, 5) is 18.5. The fraction of sp³-hybridized carbons (Fsp3) is 0.667. The molecule has 1 heterocycles. The van der Waals surface area contributed by atoms with Crippen LogP contribution in [0.1, 0.15) is 52.4 Å². The van der Waals surface area contributed by atoms with Crippen LogP contribution in [0.5, 0.6) is 0 Å². The first-order valence-electron chi connectivity index (χ1n) is 8.48. The third kappa shape index (κ3) is 4.29. The van der Waals surface area contributed by atoms with E-state index in [1.54, 1.807) is 0 Å². The van der Waals surface area contributed by atoms with E-state index >= 15 is 0 Å². The Morgan fingerprint density at radius 2 is 2.27 bits per heavy atom. The van der Waals surface area contributed by atoms with Gasteiger partial charge in [-0.05, 0) is 56.3 Å². The van der Waals surface area contributed by atoms with Crippen molar-refractivity contribution in [1.29, 1.82) is 0 Å². The van der Waals surface area contributed by atoms with Crippen LogP contribution in [0.3, 0.4) is 0 Å². The molecule has 22 heavy (non-hydrogen) atoms. The second-order valence-corrected chi connectivity index (χ2v) is 6.75. The predicted octanol–water partition coefficient (Wildman–Crippen LogP) is 3.05. The molecule has 1 unspecified atom stereocenters. The molecule has 1 amide bonds. The highest BCUT2D eigenvalue weighted by molar-refractivity contribution is 6.09. The highest BCUT2D eigenvalue weighted by atomic mass is 16.1. The van der Waals surface area contributed by atoms with Gasteiger partial charge in [0.1, 0.15) is 5.70 Å². The summed E-state index contributed by atoms with van der Waals surface area (Å²) in [5.74, 6) is 0.368. The molecule has 0 saturated heterocycles. The Balaban J connectivity index is 2.05. The van der Waals surface area contributed by atoms with E-state index in [1.807, 2.05) is 0 Å². The minimum absolute atomic E-state index is 0.390. The Labute approximate surface area is 134 Å². The van der Waals surface area contributed by atoms with Crippen molar-refractivity contribution in [3.8, 4) is 0 Å². The Hall–Kier alpha value is -1.42. The lowest BCUT2D eigenvalue weighted by molar-refractivity contribution is -0.114. The number of likely N-dealkylation sites (N-methyl/N-ethyl adjacent to an activating group) is 1. The fourth-order valence-electron chi connectivity index (χ4n) is 3.15. The Morgan fingerprint density at radius 1 is 1.50 bits per heavy atom. The lowest BCUT2D eigenvalue weighted by Gasteiger charge is -2.19. The Bertz CT molecular complexity index is 516. The summed E-state index contributed by atoms with van der Waals surface area (Å²) in [6, 6.07) is 0. The summed E-state index contributed by atoms with van der Waals surface area (Å²) < 4.78 is 0. The van der Waals surface area contributed by atoms with E-state index in [0.29, 0.717) is 5.70 Å². The number of amides is 1. The molecule has 0 aromatic heterocycles. The zero-order chi connectivity index (χ0) is 16.1. The predicted molar refractivity (Wildman–Crippen MR) is 91.8 cm³/mol. The molecule has 0 bridgehead atoms. The van der Waals surface area contributed by atoms with Crippen molar-refractivity contribution in [3.63, 3.8) is 0 Å². The van der Waals surface area contributed by atoms with E-state index in [1.165, 1.54) is 24.8 Å². The van der Waals surface area contributed by atoms with Gasteiger partial charge in [0, 0.05) is 18.7 Å². The molecule has 0 radical (unpaired) electrons. The minimum atomic E-state index is -0.390. The van der Waals surface area contributed by atoms with E-state index in [0.717, 1.165) is 49.6 Å². The third-order valence-corrected chi connectivity index (χ3v) is 4.59. The van der Waals surface area contributed by atoms with Gasteiger partial charge in [0.25, 0.3) is 5.91 Å². The Morgan fingerprint density at radius 3 is 2.86 bits per heavy atom. The molecule has 2 N–H and O–H groups in total. The molecule has 1 atom stereocenters. The number of primary amides is 1. The highest BCUT2D eigenvalue weighted by Gasteiger charge is 2.25. The molecule has 0 saturated carbocycles. The quantitative estimate of drug-likeness (QED) is 0.786. The van der Waals surface area contributed by atoms with E-state index in [2.05, 4.69) is 36.9 Å². The molecule has 0 fully saturated rings. The summed E-state index contributed by atoms with van der Waals surface area (Å²) >= 11 is 0. The van der Waals surface area contributed by atoms with Gasteiger partial charge in [-0.1, -0.05) is 26.3 Å². The van der Waals surface area contributed by atoms with Crippen molar-refractivity contribution in [2.45, 2.75) is 52.4 Å². The first-order valence-corrected chi connectivity index (χ1v) is 8.48. The first kappa shape index (κ1) is 16.9. The zero-order valence-electron chi connectivity index (χ0n) is 14.2. The summed E-state index contributed by atoms with van der Waals surface area (Å²) in [5, 5.41) is 0. The number of carbonyl (C=O) groups is 1. The number of nitrogens with zero attached hydrogens (tertiary/aromatic N) is 2. The summed E-state index contributed by atoms with van der Waals surface area (Å²) in [5.41, 5.74) is 9.51. The molecule has 0 aromatic carbocycles. The van der Waals surface area contributed by atoms with Gasteiger partial charge in [-0.3, -0.25) is 4.79 Å². The van der Waals surface area contributed by atoms with Gasteiger partial charge in [0.2, 0.25) is 0 Å². The molecule has 122 valence electrons. The molecule has 4 nitrogen and oxygen atoms in total. The van der Waals surface area contributed by atoms with E-state index in [4.69, 9.17) is 5.73 Å². The topological polar surface area (TPSA) is 58.7 Å². The summed E-state index contributed by atoms with van der Waals surface area (Å²) in [6.45, 7) is 6.30. The summed E-state index contributed by atoms with van der Waals surface area (Å²) in [7, 11) is 2.10. The zero-order valence-corrected chi connectivity index (χ0v) is 14.2. The van der Waals surface area contributed by atoms with E-state index < -0.39 is 5.91 Å². The molecule has 1 aliphatic heterocycles. The van der Waals surface area contributed by atoms with Gasteiger partial charge in [-0.2, -0.15) is 0 Å². The molecule has 4 heteroatoms. The average molecular weight is 303 g/mol. The van der Waals surface area contributed by atoms with E-state index in [-0.39, 0.29) is 0 Å². The van der Waals surface area contributed by atoms with Crippen molar-refractivity contribution in [2.24, 2.45) is 16.6 Å². The largest absolute Gasteiger partial charge is 0.364 e. The number of carbonyl (C=O) groups excluding carboxylic acids is 1. The van der Waals surface area contributed by atoms with Crippen molar-refractivity contribution >= 4 is 11.6 Å². The van der Waals surface area contributed by atoms with Crippen LogP contribution in [0, 0.1) is 5.92 Å². The van der Waals surface area contributed by atoms with Gasteiger partial charge in [0.15, 0.2) is 0 Å². The van der Waals surface area contributed by atoms with Crippen LogP contribution >= 0.6 is 0 Å². The second kappa shape index (κ2) is 7.73. The lowest BCUT2D eigenvalue weighted by Crippen LogP contribution is -2.24. The SMILES string of the molecule is CCCCN(C)CC1=C(C(N)=O)N=C(C2=CCC(C)CC2)C1. The first-order chi connectivity index (χ1) is 10.5. The smallest absolute Gasteiger partial charge is 0.267 e. The van der Waals surface area contributed by atoms with Gasteiger partial charge >= 0.3 is 0 Å². The van der Waals surface area contributed by atoms with Crippen molar-refractivity contribution in [3.05, 3.63) is 22.9 Å². The molecule has 2 aliphatic rings. The molecular formula is C18H29N3O. The number of nitrogens with two attached hydrogens (primary N) is 1. The van der Waals surface area contributed by atoms with Crippen LogP contribution in [-0.2, 0) is 4.79 Å². The number of unbranched alkanes of at least 4 members (excludes halogenated alkanes) is 1. The van der Waals surface area contributed by atoms with Crippen LogP contribution in [0.15, 0.2) is 27.9 Å². The van der Waals surface area contributed by atoms with E-state index in [9.17, 15) is 4.79 Å². The van der Waals surface area contributed by atoms with Crippen LogP contribution in [0.25, 0.3) is 0 Å². The summed E-state index contributed by atoms with van der Waals surface area (Å²) in [6.07, 6.45) is 8.84. The molecular weight excluding hydrogens is 274 g/mol. The second-order valence-electron chi connectivity index (χ2n) is 6.75. The number of aliphatic imine (C=N–C) groups is 1. The monoisotopic (exact) mass is 303 g/mol. The number of hydrogen-bond donors (Lipinski definition) is 1. The van der Waals surface area contributed by atoms with Gasteiger partial charge in [0.05, 0.1) is 0 Å². The van der Waals surface area contributed by atoms with Crippen molar-refractivity contribution < 1.29 is 4.79 Å².